The number of nitriles is 1. The number of hydrogen-bond donors (Lipinski definition) is 0. The molecule has 3 nitrogen and oxygen atoms in total. The van der Waals surface area contributed by atoms with Crippen LogP contribution in [0.4, 0.5) is 0 Å². The lowest BCUT2D eigenvalue weighted by molar-refractivity contribution is -0.683. The Labute approximate surface area is 133 Å². The Kier molecular flexibility index (Phi) is 7.89. The van der Waals surface area contributed by atoms with Crippen molar-refractivity contribution in [1.82, 2.24) is 0 Å². The molecule has 1 heterocycles. The van der Waals surface area contributed by atoms with Crippen LogP contribution in [0.15, 0.2) is 54.9 Å². The first-order valence-electron chi connectivity index (χ1n) is 5.27. The predicted molar refractivity (Wildman–Crippen MR) is 62.1 cm³/mol. The first kappa shape index (κ1) is 17.5. The largest absolute Gasteiger partial charge is 1.00 e. The van der Waals surface area contributed by atoms with Gasteiger partial charge in [-0.25, -0.2) is 0 Å². The van der Waals surface area contributed by atoms with Crippen LogP contribution >= 0.6 is 0 Å². The molecule has 0 N–H and O–H groups in total. The molecule has 0 atom stereocenters. The van der Waals surface area contributed by atoms with Crippen molar-refractivity contribution in [1.29, 1.82) is 5.26 Å². The molecular formula is C14H11Br2N2O-. The number of Topliss-reactive ketones (excluding diaryl/α,β-unsaturated/α-hetero) is 1. The molecule has 19 heavy (non-hydrogen) atoms. The van der Waals surface area contributed by atoms with Crippen molar-refractivity contribution in [2.75, 3.05) is 0 Å². The summed E-state index contributed by atoms with van der Waals surface area (Å²) in [6.45, 7) is 0.250. The fourth-order valence-corrected chi connectivity index (χ4v) is 1.57. The molecule has 1 aromatic carbocycles. The van der Waals surface area contributed by atoms with Crippen molar-refractivity contribution >= 4 is 5.78 Å². The molecule has 0 spiro atoms. The molecule has 0 bridgehead atoms. The summed E-state index contributed by atoms with van der Waals surface area (Å²) in [5, 5.41) is 8.76. The van der Waals surface area contributed by atoms with Gasteiger partial charge in [0.05, 0.1) is 0 Å². The fourth-order valence-electron chi connectivity index (χ4n) is 1.57. The van der Waals surface area contributed by atoms with E-state index in [1.165, 1.54) is 0 Å². The van der Waals surface area contributed by atoms with E-state index in [2.05, 4.69) is 0 Å². The third-order valence-corrected chi connectivity index (χ3v) is 2.41. The highest BCUT2D eigenvalue weighted by atomic mass is 79.9. The second kappa shape index (κ2) is 8.57. The number of hydrogen-bond acceptors (Lipinski definition) is 2. The zero-order valence-corrected chi connectivity index (χ0v) is 13.1. The molecule has 1 aromatic heterocycles. The van der Waals surface area contributed by atoms with E-state index in [1.807, 2.05) is 24.3 Å². The summed E-state index contributed by atoms with van der Waals surface area (Å²) in [6, 6.07) is 14.6. The van der Waals surface area contributed by atoms with Crippen molar-refractivity contribution in [3.05, 3.63) is 66.0 Å². The standard InChI is InChI=1S/C14H11N2O.2BrH/c15-9-12-5-4-8-16(10-12)11-14(17)13-6-2-1-3-7-13;;/h1-8,10H,11H2;2*1H/q+1;;/p-2. The van der Waals surface area contributed by atoms with E-state index in [-0.39, 0.29) is 46.3 Å². The van der Waals surface area contributed by atoms with Gasteiger partial charge in [0, 0.05) is 11.6 Å². The van der Waals surface area contributed by atoms with Gasteiger partial charge in [-0.3, -0.25) is 4.79 Å². The maximum Gasteiger partial charge on any atom is 0.227 e. The molecule has 0 aliphatic rings. The number of carbonyl (C=O) groups excluding carboxylic acids is 1. The molecule has 0 fully saturated rings. The number of carbonyl (C=O) groups is 1. The monoisotopic (exact) mass is 381 g/mol. The number of pyridine rings is 1. The summed E-state index contributed by atoms with van der Waals surface area (Å²) in [5.41, 5.74) is 1.23. The minimum absolute atomic E-state index is 0. The Hall–Kier alpha value is -1.51. The topological polar surface area (TPSA) is 44.7 Å². The van der Waals surface area contributed by atoms with Gasteiger partial charge in [0.15, 0.2) is 12.4 Å². The van der Waals surface area contributed by atoms with Gasteiger partial charge in [0.1, 0.15) is 11.6 Å². The van der Waals surface area contributed by atoms with Crippen LogP contribution in [-0.4, -0.2) is 5.78 Å². The van der Waals surface area contributed by atoms with Crippen molar-refractivity contribution in [3.63, 3.8) is 0 Å². The van der Waals surface area contributed by atoms with Gasteiger partial charge in [-0.05, 0) is 6.07 Å². The zero-order valence-electron chi connectivity index (χ0n) is 9.96. The maximum absolute atomic E-state index is 11.9. The van der Waals surface area contributed by atoms with Crippen LogP contribution in [0.1, 0.15) is 15.9 Å². The van der Waals surface area contributed by atoms with Gasteiger partial charge in [0.2, 0.25) is 12.3 Å². The van der Waals surface area contributed by atoms with Crippen LogP contribution in [0.5, 0.6) is 0 Å². The third kappa shape index (κ3) is 4.93. The van der Waals surface area contributed by atoms with E-state index >= 15 is 0 Å². The second-order valence-electron chi connectivity index (χ2n) is 3.67. The first-order valence-corrected chi connectivity index (χ1v) is 5.27. The van der Waals surface area contributed by atoms with E-state index in [9.17, 15) is 4.79 Å². The van der Waals surface area contributed by atoms with Gasteiger partial charge in [-0.15, -0.1) is 0 Å². The van der Waals surface area contributed by atoms with Gasteiger partial charge < -0.3 is 34.0 Å². The summed E-state index contributed by atoms with van der Waals surface area (Å²) in [4.78, 5) is 11.9. The van der Waals surface area contributed by atoms with E-state index < -0.39 is 0 Å². The number of ketones is 1. The van der Waals surface area contributed by atoms with Crippen molar-refractivity contribution in [3.8, 4) is 6.07 Å². The Morgan fingerprint density at radius 3 is 2.42 bits per heavy atom. The summed E-state index contributed by atoms with van der Waals surface area (Å²) in [7, 11) is 0. The van der Waals surface area contributed by atoms with E-state index in [4.69, 9.17) is 5.26 Å². The average Bonchev–Trinajstić information content (AvgIpc) is 2.40. The summed E-state index contributed by atoms with van der Waals surface area (Å²) >= 11 is 0. The van der Waals surface area contributed by atoms with Gasteiger partial charge in [-0.1, -0.05) is 30.3 Å². The average molecular weight is 383 g/mol. The Bertz CT molecular complexity index is 579. The van der Waals surface area contributed by atoms with Crippen molar-refractivity contribution in [2.45, 2.75) is 6.54 Å². The fraction of sp³-hybridized carbons (Fsp3) is 0.0714. The quantitative estimate of drug-likeness (QED) is 0.398. The van der Waals surface area contributed by atoms with Crippen LogP contribution < -0.4 is 38.5 Å². The van der Waals surface area contributed by atoms with Crippen LogP contribution in [-0.2, 0) is 6.54 Å². The highest BCUT2D eigenvalue weighted by Gasteiger charge is 2.11. The van der Waals surface area contributed by atoms with Gasteiger partial charge >= 0.3 is 0 Å². The van der Waals surface area contributed by atoms with Crippen LogP contribution in [0.25, 0.3) is 0 Å². The highest BCUT2D eigenvalue weighted by Crippen LogP contribution is 2.00. The van der Waals surface area contributed by atoms with Gasteiger partial charge in [-0.2, -0.15) is 9.83 Å². The van der Waals surface area contributed by atoms with Crippen molar-refractivity contribution in [2.24, 2.45) is 0 Å². The molecule has 0 amide bonds. The molecule has 0 unspecified atom stereocenters. The lowest BCUT2D eigenvalue weighted by Gasteiger charge is -1.97. The number of nitrogens with zero attached hydrogens (tertiary/aromatic N) is 2. The molecule has 2 rings (SSSR count). The molecule has 0 saturated carbocycles. The Morgan fingerprint density at radius 1 is 1.11 bits per heavy atom. The van der Waals surface area contributed by atoms with Crippen LogP contribution in [0.3, 0.4) is 0 Å². The smallest absolute Gasteiger partial charge is 0.227 e. The molecule has 0 aliphatic carbocycles. The lowest BCUT2D eigenvalue weighted by atomic mass is 10.1. The predicted octanol–water partition coefficient (Wildman–Crippen LogP) is -4.26. The molecule has 98 valence electrons. The lowest BCUT2D eigenvalue weighted by Crippen LogP contribution is -3.00. The summed E-state index contributed by atoms with van der Waals surface area (Å²) < 4.78 is 1.72. The maximum atomic E-state index is 11.9. The summed E-state index contributed by atoms with van der Waals surface area (Å²) in [6.07, 6.45) is 3.45. The minimum atomic E-state index is 0. The zero-order chi connectivity index (χ0) is 12.1. The molecule has 5 heteroatoms. The third-order valence-electron chi connectivity index (χ3n) is 2.41. The number of halogens is 2. The van der Waals surface area contributed by atoms with E-state index in [1.54, 1.807) is 41.2 Å². The van der Waals surface area contributed by atoms with E-state index in [0.717, 1.165) is 0 Å². The van der Waals surface area contributed by atoms with Gasteiger partial charge in [0.25, 0.3) is 0 Å². The normalized spacial score (nSPS) is 8.58. The Morgan fingerprint density at radius 2 is 1.79 bits per heavy atom. The first-order chi connectivity index (χ1) is 8.29. The summed E-state index contributed by atoms with van der Waals surface area (Å²) in [5.74, 6) is 0.0330. The molecule has 0 aliphatic heterocycles. The minimum Gasteiger partial charge on any atom is -1.00 e. The molecule has 0 saturated heterocycles. The van der Waals surface area contributed by atoms with E-state index in [0.29, 0.717) is 11.1 Å². The molecule has 2 aromatic rings. The van der Waals surface area contributed by atoms with Crippen LogP contribution in [0, 0.1) is 11.3 Å². The SMILES string of the molecule is N#Cc1ccc[n+](CC(=O)c2ccccc2)c1.[Br-].[Br-]. The second-order valence-corrected chi connectivity index (χ2v) is 3.67. The highest BCUT2D eigenvalue weighted by molar-refractivity contribution is 5.94. The molecular weight excluding hydrogens is 372 g/mol. The number of benzene rings is 1. The molecule has 0 radical (unpaired) electrons. The Balaban J connectivity index is 0.00000162. The van der Waals surface area contributed by atoms with Crippen LogP contribution in [0.2, 0.25) is 0 Å². The van der Waals surface area contributed by atoms with Crippen molar-refractivity contribution < 1.29 is 43.3 Å². The number of rotatable bonds is 3. The number of aromatic nitrogens is 1.